The Bertz CT molecular complexity index is 1790. The van der Waals surface area contributed by atoms with Crippen molar-refractivity contribution in [3.05, 3.63) is 109 Å². The van der Waals surface area contributed by atoms with Crippen LogP contribution in [0.4, 0.5) is 11.4 Å². The van der Waals surface area contributed by atoms with Gasteiger partial charge in [0, 0.05) is 47.9 Å². The standard InChI is InChI=1S/C30H19NOS/c1-3-10-27-23(6-1)25-9-5-8-22(30(25)32-27)19-12-14-20(15-13-19)31-21-16-17-29-26(18-21)24-7-2-4-11-28(24)33-29/h1-18,31H. The number of rotatable bonds is 3. The third-order valence-electron chi connectivity index (χ3n) is 6.27. The number of furan rings is 1. The van der Waals surface area contributed by atoms with Crippen LogP contribution in [-0.2, 0) is 0 Å². The highest BCUT2D eigenvalue weighted by Gasteiger charge is 2.12. The number of nitrogens with one attached hydrogen (secondary N) is 1. The highest BCUT2D eigenvalue weighted by atomic mass is 32.1. The molecule has 1 N–H and O–H groups in total. The van der Waals surface area contributed by atoms with Crippen molar-refractivity contribution in [1.82, 2.24) is 0 Å². The fraction of sp³-hybridized carbons (Fsp3) is 0. The van der Waals surface area contributed by atoms with E-state index in [2.05, 4.69) is 102 Å². The van der Waals surface area contributed by atoms with Gasteiger partial charge in [-0.25, -0.2) is 0 Å². The molecule has 0 amide bonds. The van der Waals surface area contributed by atoms with Gasteiger partial charge in [0.15, 0.2) is 0 Å². The van der Waals surface area contributed by atoms with Crippen molar-refractivity contribution >= 4 is 64.8 Å². The van der Waals surface area contributed by atoms with Crippen LogP contribution in [0.2, 0.25) is 0 Å². The molecule has 2 heterocycles. The number of anilines is 2. The van der Waals surface area contributed by atoms with Crippen LogP contribution >= 0.6 is 11.3 Å². The minimum Gasteiger partial charge on any atom is -0.455 e. The Kier molecular flexibility index (Phi) is 4.05. The van der Waals surface area contributed by atoms with Gasteiger partial charge in [0.1, 0.15) is 11.2 Å². The van der Waals surface area contributed by atoms with E-state index in [1.165, 1.54) is 20.2 Å². The maximum atomic E-state index is 6.22. The molecular weight excluding hydrogens is 422 g/mol. The quantitative estimate of drug-likeness (QED) is 0.295. The summed E-state index contributed by atoms with van der Waals surface area (Å²) in [5, 5.41) is 8.49. The summed E-state index contributed by atoms with van der Waals surface area (Å²) in [5.74, 6) is 0. The first kappa shape index (κ1) is 18.5. The summed E-state index contributed by atoms with van der Waals surface area (Å²) in [4.78, 5) is 0. The molecule has 0 aliphatic heterocycles. The molecule has 2 aromatic heterocycles. The van der Waals surface area contributed by atoms with Crippen LogP contribution in [-0.4, -0.2) is 0 Å². The first-order chi connectivity index (χ1) is 16.3. The van der Waals surface area contributed by atoms with Crippen LogP contribution in [0.25, 0.3) is 53.2 Å². The molecule has 0 atom stereocenters. The average molecular weight is 442 g/mol. The first-order valence-corrected chi connectivity index (χ1v) is 11.8. The SMILES string of the molecule is c1ccc2c(c1)oc1c(-c3ccc(Nc4ccc5sc6ccccc6c5c4)cc3)cccc12. The molecule has 156 valence electrons. The van der Waals surface area contributed by atoms with E-state index in [0.29, 0.717) is 0 Å². The van der Waals surface area contributed by atoms with Crippen LogP contribution in [0, 0.1) is 0 Å². The number of fused-ring (bicyclic) bond motifs is 6. The van der Waals surface area contributed by atoms with E-state index >= 15 is 0 Å². The van der Waals surface area contributed by atoms with E-state index in [-0.39, 0.29) is 0 Å². The van der Waals surface area contributed by atoms with E-state index in [1.807, 2.05) is 23.5 Å². The smallest absolute Gasteiger partial charge is 0.143 e. The molecule has 0 spiro atoms. The van der Waals surface area contributed by atoms with E-state index in [1.54, 1.807) is 0 Å². The summed E-state index contributed by atoms with van der Waals surface area (Å²) in [5.41, 5.74) is 6.28. The Morgan fingerprint density at radius 3 is 2.18 bits per heavy atom. The van der Waals surface area contributed by atoms with E-state index < -0.39 is 0 Å². The molecule has 3 heteroatoms. The van der Waals surface area contributed by atoms with Crippen molar-refractivity contribution in [1.29, 1.82) is 0 Å². The molecular formula is C30H19NOS. The zero-order valence-electron chi connectivity index (χ0n) is 17.7. The molecule has 0 unspecified atom stereocenters. The molecule has 7 rings (SSSR count). The normalized spacial score (nSPS) is 11.6. The topological polar surface area (TPSA) is 25.2 Å². The fourth-order valence-corrected chi connectivity index (χ4v) is 5.76. The van der Waals surface area contributed by atoms with Gasteiger partial charge in [0.05, 0.1) is 0 Å². The summed E-state index contributed by atoms with van der Waals surface area (Å²) < 4.78 is 8.86. The highest BCUT2D eigenvalue weighted by molar-refractivity contribution is 7.25. The van der Waals surface area contributed by atoms with Crippen LogP contribution in [0.5, 0.6) is 0 Å². The van der Waals surface area contributed by atoms with Crippen molar-refractivity contribution in [3.8, 4) is 11.1 Å². The van der Waals surface area contributed by atoms with Gasteiger partial charge in [0.2, 0.25) is 0 Å². The van der Waals surface area contributed by atoms with Crippen molar-refractivity contribution in [3.63, 3.8) is 0 Å². The van der Waals surface area contributed by atoms with Gasteiger partial charge < -0.3 is 9.73 Å². The third-order valence-corrected chi connectivity index (χ3v) is 7.42. The lowest BCUT2D eigenvalue weighted by Gasteiger charge is -2.09. The Hall–Kier alpha value is -4.08. The molecule has 2 nitrogen and oxygen atoms in total. The largest absolute Gasteiger partial charge is 0.455 e. The third kappa shape index (κ3) is 3.01. The summed E-state index contributed by atoms with van der Waals surface area (Å²) in [6, 6.07) is 38.4. The molecule has 0 aliphatic rings. The lowest BCUT2D eigenvalue weighted by molar-refractivity contribution is 0.670. The Morgan fingerprint density at radius 2 is 1.27 bits per heavy atom. The van der Waals surface area contributed by atoms with Gasteiger partial charge in [-0.1, -0.05) is 66.7 Å². The van der Waals surface area contributed by atoms with Gasteiger partial charge in [-0.2, -0.15) is 0 Å². The second-order valence-electron chi connectivity index (χ2n) is 8.29. The number of para-hydroxylation sites is 2. The Morgan fingerprint density at radius 1 is 0.545 bits per heavy atom. The van der Waals surface area contributed by atoms with Crippen LogP contribution in [0.1, 0.15) is 0 Å². The van der Waals surface area contributed by atoms with E-state index in [9.17, 15) is 0 Å². The minimum absolute atomic E-state index is 0.926. The first-order valence-electron chi connectivity index (χ1n) is 11.0. The molecule has 7 aromatic rings. The lowest BCUT2D eigenvalue weighted by Crippen LogP contribution is -1.90. The maximum absolute atomic E-state index is 6.22. The maximum Gasteiger partial charge on any atom is 0.143 e. The van der Waals surface area contributed by atoms with Crippen molar-refractivity contribution in [2.75, 3.05) is 5.32 Å². The van der Waals surface area contributed by atoms with Crippen LogP contribution < -0.4 is 5.32 Å². The Labute approximate surface area is 194 Å². The Balaban J connectivity index is 1.24. The summed E-state index contributed by atoms with van der Waals surface area (Å²) in [6.07, 6.45) is 0. The molecule has 5 aromatic carbocycles. The average Bonchev–Trinajstić information content (AvgIpc) is 3.43. The molecule has 0 bridgehead atoms. The highest BCUT2D eigenvalue weighted by Crippen LogP contribution is 2.37. The predicted molar refractivity (Wildman–Crippen MR) is 142 cm³/mol. The minimum atomic E-state index is 0.926. The summed E-state index contributed by atoms with van der Waals surface area (Å²) >= 11 is 1.84. The van der Waals surface area contributed by atoms with Crippen molar-refractivity contribution < 1.29 is 4.42 Å². The zero-order chi connectivity index (χ0) is 21.8. The van der Waals surface area contributed by atoms with Crippen molar-refractivity contribution in [2.24, 2.45) is 0 Å². The van der Waals surface area contributed by atoms with E-state index in [0.717, 1.165) is 44.4 Å². The van der Waals surface area contributed by atoms with Gasteiger partial charge in [-0.15, -0.1) is 11.3 Å². The molecule has 0 aliphatic carbocycles. The molecule has 0 saturated heterocycles. The molecule has 0 fully saturated rings. The number of thiophene rings is 1. The zero-order valence-corrected chi connectivity index (χ0v) is 18.5. The number of hydrogen-bond donors (Lipinski definition) is 1. The van der Waals surface area contributed by atoms with Crippen LogP contribution in [0.15, 0.2) is 114 Å². The van der Waals surface area contributed by atoms with Gasteiger partial charge in [0.25, 0.3) is 0 Å². The van der Waals surface area contributed by atoms with Gasteiger partial charge >= 0.3 is 0 Å². The monoisotopic (exact) mass is 441 g/mol. The lowest BCUT2D eigenvalue weighted by atomic mass is 10.0. The molecule has 0 radical (unpaired) electrons. The number of benzene rings is 5. The summed E-state index contributed by atoms with van der Waals surface area (Å²) in [7, 11) is 0. The molecule has 33 heavy (non-hydrogen) atoms. The predicted octanol–water partition coefficient (Wildman–Crippen LogP) is 9.36. The number of hydrogen-bond acceptors (Lipinski definition) is 3. The second-order valence-corrected chi connectivity index (χ2v) is 9.38. The van der Waals surface area contributed by atoms with Gasteiger partial charge in [-0.05, 0) is 48.0 Å². The fourth-order valence-electron chi connectivity index (χ4n) is 4.68. The van der Waals surface area contributed by atoms with Crippen LogP contribution in [0.3, 0.4) is 0 Å². The molecule has 0 saturated carbocycles. The summed E-state index contributed by atoms with van der Waals surface area (Å²) in [6.45, 7) is 0. The van der Waals surface area contributed by atoms with Crippen molar-refractivity contribution in [2.45, 2.75) is 0 Å². The second kappa shape index (κ2) is 7.22. The van der Waals surface area contributed by atoms with E-state index in [4.69, 9.17) is 4.42 Å². The van der Waals surface area contributed by atoms with Gasteiger partial charge in [-0.3, -0.25) is 0 Å².